The van der Waals surface area contributed by atoms with Gasteiger partial charge in [-0.05, 0) is 35.4 Å². The number of hydrogen-bond donors (Lipinski definition) is 7. The summed E-state index contributed by atoms with van der Waals surface area (Å²) >= 11 is 0. The van der Waals surface area contributed by atoms with Gasteiger partial charge >= 0.3 is 0 Å². The van der Waals surface area contributed by atoms with Gasteiger partial charge in [-0.25, -0.2) is 0 Å². The molecule has 1 aliphatic heterocycles. The van der Waals surface area contributed by atoms with Crippen LogP contribution in [-0.2, 0) is 9.47 Å². The molecule has 210 valence electrons. The van der Waals surface area contributed by atoms with Gasteiger partial charge in [-0.15, -0.1) is 0 Å². The molecule has 0 radical (unpaired) electrons. The van der Waals surface area contributed by atoms with E-state index < -0.39 is 56.1 Å². The minimum atomic E-state index is -1.52. The van der Waals surface area contributed by atoms with Gasteiger partial charge in [0.25, 0.3) is 0 Å². The molecule has 1 heterocycles. The van der Waals surface area contributed by atoms with Gasteiger partial charge in [-0.3, -0.25) is 0 Å². The SMILES string of the molecule is COc1cc([C@@H](O)[C@@H](CO)Oc2ccc(/C=C\CO[C@@H]3O[C@H](CO)[C@@H](O)[C@H](O)[C@H]3O)cc2OC)ccc1O. The fourth-order valence-corrected chi connectivity index (χ4v) is 3.88. The molecule has 0 aromatic heterocycles. The molecule has 1 fully saturated rings. The van der Waals surface area contributed by atoms with Crippen LogP contribution < -0.4 is 14.2 Å². The van der Waals surface area contributed by atoms with E-state index in [4.69, 9.17) is 23.7 Å². The first-order valence-electron chi connectivity index (χ1n) is 11.8. The molecule has 0 spiro atoms. The highest BCUT2D eigenvalue weighted by Crippen LogP contribution is 2.34. The molecule has 0 amide bonds. The van der Waals surface area contributed by atoms with Crippen LogP contribution >= 0.6 is 0 Å². The standard InChI is InChI=1S/C26H34O12/c1-34-18-11-15(6-7-16(18)29)22(30)20(12-27)37-17-8-5-14(10-19(17)35-2)4-3-9-36-26-25(33)24(32)23(31)21(13-28)38-26/h3-8,10-11,20-33H,9,12-13H2,1-2H3/b4-3-/t20-,21-,22-,23-,24+,25-,26-/m1/s1. The first-order chi connectivity index (χ1) is 18.2. The molecule has 2 aromatic rings. The Morgan fingerprint density at radius 1 is 0.921 bits per heavy atom. The number of aliphatic hydroxyl groups excluding tert-OH is 6. The Labute approximate surface area is 219 Å². The van der Waals surface area contributed by atoms with Crippen LogP contribution in [0.5, 0.6) is 23.0 Å². The minimum absolute atomic E-state index is 0.0157. The van der Waals surface area contributed by atoms with Crippen molar-refractivity contribution in [1.29, 1.82) is 0 Å². The minimum Gasteiger partial charge on any atom is -0.504 e. The van der Waals surface area contributed by atoms with E-state index in [1.807, 2.05) is 0 Å². The monoisotopic (exact) mass is 538 g/mol. The van der Waals surface area contributed by atoms with Crippen molar-refractivity contribution >= 4 is 6.08 Å². The van der Waals surface area contributed by atoms with Crippen LogP contribution in [0.4, 0.5) is 0 Å². The van der Waals surface area contributed by atoms with E-state index in [1.54, 1.807) is 30.4 Å². The van der Waals surface area contributed by atoms with Crippen molar-refractivity contribution in [2.45, 2.75) is 42.9 Å². The number of aromatic hydroxyl groups is 1. The highest BCUT2D eigenvalue weighted by Gasteiger charge is 2.43. The maximum atomic E-state index is 10.7. The number of hydrogen-bond acceptors (Lipinski definition) is 12. The van der Waals surface area contributed by atoms with E-state index in [2.05, 4.69) is 0 Å². The highest BCUT2D eigenvalue weighted by atomic mass is 16.7. The Morgan fingerprint density at radius 3 is 2.32 bits per heavy atom. The Bertz CT molecular complexity index is 1060. The van der Waals surface area contributed by atoms with E-state index in [0.717, 1.165) is 0 Å². The molecule has 2 aromatic carbocycles. The number of methoxy groups -OCH3 is 2. The Balaban J connectivity index is 1.63. The van der Waals surface area contributed by atoms with Crippen LogP contribution in [0.1, 0.15) is 17.2 Å². The number of phenols is 1. The van der Waals surface area contributed by atoms with E-state index in [9.17, 15) is 35.7 Å². The maximum absolute atomic E-state index is 10.7. The summed E-state index contributed by atoms with van der Waals surface area (Å²) in [5.74, 6) is 0.679. The summed E-state index contributed by atoms with van der Waals surface area (Å²) in [6.07, 6.45) is -5.75. The van der Waals surface area contributed by atoms with E-state index in [0.29, 0.717) is 16.9 Å². The predicted molar refractivity (Wildman–Crippen MR) is 133 cm³/mol. The number of benzene rings is 2. The van der Waals surface area contributed by atoms with Gasteiger partial charge in [0.05, 0.1) is 34.0 Å². The molecule has 1 saturated heterocycles. The van der Waals surface area contributed by atoms with Crippen molar-refractivity contribution in [3.8, 4) is 23.0 Å². The van der Waals surface area contributed by atoms with Gasteiger partial charge < -0.3 is 59.4 Å². The Morgan fingerprint density at radius 2 is 1.66 bits per heavy atom. The second kappa shape index (κ2) is 13.7. The van der Waals surface area contributed by atoms with Gasteiger partial charge in [0, 0.05) is 0 Å². The van der Waals surface area contributed by atoms with Gasteiger partial charge in [0.2, 0.25) is 0 Å². The van der Waals surface area contributed by atoms with Crippen molar-refractivity contribution in [3.63, 3.8) is 0 Å². The third kappa shape index (κ3) is 6.92. The van der Waals surface area contributed by atoms with Crippen LogP contribution in [0.2, 0.25) is 0 Å². The third-order valence-electron chi connectivity index (χ3n) is 6.06. The molecule has 1 aliphatic rings. The van der Waals surface area contributed by atoms with Crippen molar-refractivity contribution < 1.29 is 59.4 Å². The lowest BCUT2D eigenvalue weighted by atomic mass is 9.99. The Kier molecular flexibility index (Phi) is 10.7. The summed E-state index contributed by atoms with van der Waals surface area (Å²) < 4.78 is 27.0. The molecule has 38 heavy (non-hydrogen) atoms. The topological polar surface area (TPSA) is 188 Å². The van der Waals surface area contributed by atoms with Crippen LogP contribution in [-0.4, -0.2) is 107 Å². The van der Waals surface area contributed by atoms with Crippen LogP contribution in [0.3, 0.4) is 0 Å². The number of phenolic OH excluding ortho intramolecular Hbond substituents is 1. The van der Waals surface area contributed by atoms with E-state index >= 15 is 0 Å². The molecule has 0 unspecified atom stereocenters. The molecule has 0 aliphatic carbocycles. The smallest absolute Gasteiger partial charge is 0.187 e. The molecule has 0 saturated carbocycles. The van der Waals surface area contributed by atoms with E-state index in [1.165, 1.54) is 32.4 Å². The first-order valence-corrected chi connectivity index (χ1v) is 11.8. The molecule has 12 heteroatoms. The summed E-state index contributed by atoms with van der Waals surface area (Å²) in [5.41, 5.74) is 1.06. The number of rotatable bonds is 12. The average molecular weight is 539 g/mol. The molecule has 0 bridgehead atoms. The molecular weight excluding hydrogens is 504 g/mol. The lowest BCUT2D eigenvalue weighted by Gasteiger charge is -2.39. The third-order valence-corrected chi connectivity index (χ3v) is 6.06. The predicted octanol–water partition coefficient (Wildman–Crippen LogP) is -0.288. The Hall–Kier alpha value is -2.94. The van der Waals surface area contributed by atoms with Crippen molar-refractivity contribution in [1.82, 2.24) is 0 Å². The molecular formula is C26H34O12. The second-order valence-corrected chi connectivity index (χ2v) is 8.56. The summed E-state index contributed by atoms with van der Waals surface area (Å²) in [6, 6.07) is 9.27. The largest absolute Gasteiger partial charge is 0.504 e. The summed E-state index contributed by atoms with van der Waals surface area (Å²) in [5, 5.41) is 69.3. The summed E-state index contributed by atoms with van der Waals surface area (Å²) in [6.45, 7) is -1.07. The van der Waals surface area contributed by atoms with Crippen molar-refractivity contribution in [2.75, 3.05) is 34.0 Å². The van der Waals surface area contributed by atoms with E-state index in [-0.39, 0.29) is 23.9 Å². The zero-order chi connectivity index (χ0) is 27.8. The van der Waals surface area contributed by atoms with Gasteiger partial charge in [-0.2, -0.15) is 0 Å². The fraction of sp³-hybridized carbons (Fsp3) is 0.462. The average Bonchev–Trinajstić information content (AvgIpc) is 2.94. The number of ether oxygens (including phenoxy) is 5. The molecule has 7 N–H and O–H groups in total. The zero-order valence-electron chi connectivity index (χ0n) is 21.0. The van der Waals surface area contributed by atoms with Gasteiger partial charge in [-0.1, -0.05) is 24.3 Å². The lowest BCUT2D eigenvalue weighted by molar-refractivity contribution is -0.298. The molecule has 12 nitrogen and oxygen atoms in total. The molecule has 7 atom stereocenters. The quantitative estimate of drug-likeness (QED) is 0.187. The van der Waals surface area contributed by atoms with Crippen molar-refractivity contribution in [2.24, 2.45) is 0 Å². The lowest BCUT2D eigenvalue weighted by Crippen LogP contribution is -2.59. The molecule has 3 rings (SSSR count). The normalized spacial score (nSPS) is 25.2. The maximum Gasteiger partial charge on any atom is 0.187 e. The summed E-state index contributed by atoms with van der Waals surface area (Å²) in [7, 11) is 2.82. The van der Waals surface area contributed by atoms with Gasteiger partial charge in [0.15, 0.2) is 35.4 Å². The number of aliphatic hydroxyl groups is 6. The highest BCUT2D eigenvalue weighted by molar-refractivity contribution is 5.56. The fourth-order valence-electron chi connectivity index (χ4n) is 3.88. The van der Waals surface area contributed by atoms with Gasteiger partial charge in [0.1, 0.15) is 30.5 Å². The first kappa shape index (κ1) is 29.6. The second-order valence-electron chi connectivity index (χ2n) is 8.56. The summed E-state index contributed by atoms with van der Waals surface area (Å²) in [4.78, 5) is 0. The van der Waals surface area contributed by atoms with Crippen LogP contribution in [0.15, 0.2) is 42.5 Å². The van der Waals surface area contributed by atoms with Crippen molar-refractivity contribution in [3.05, 3.63) is 53.6 Å². The van der Waals surface area contributed by atoms with Crippen LogP contribution in [0, 0.1) is 0 Å². The van der Waals surface area contributed by atoms with Crippen LogP contribution in [0.25, 0.3) is 6.08 Å². The zero-order valence-corrected chi connectivity index (χ0v) is 21.0.